The third-order valence-electron chi connectivity index (χ3n) is 7.09. The van der Waals surface area contributed by atoms with Crippen molar-refractivity contribution < 1.29 is 23.5 Å². The zero-order chi connectivity index (χ0) is 22.7. The largest absolute Gasteiger partial charge is 0.454 e. The SMILES string of the molecule is CN1C[C@H](c2ccc(F)cc2)[C@H](C(=O)c2ccc3c(c2)OCO3)[C@@]12C(=O)Nc1ccccc12. The van der Waals surface area contributed by atoms with Crippen molar-refractivity contribution in [2.24, 2.45) is 5.92 Å². The number of hydrogen-bond acceptors (Lipinski definition) is 5. The predicted molar refractivity (Wildman–Crippen MR) is 119 cm³/mol. The summed E-state index contributed by atoms with van der Waals surface area (Å²) in [6.07, 6.45) is 0. The van der Waals surface area contributed by atoms with Gasteiger partial charge >= 0.3 is 0 Å². The lowest BCUT2D eigenvalue weighted by Gasteiger charge is -2.35. The van der Waals surface area contributed by atoms with Crippen molar-refractivity contribution in [2.75, 3.05) is 25.7 Å². The van der Waals surface area contributed by atoms with Gasteiger partial charge in [-0.3, -0.25) is 14.5 Å². The van der Waals surface area contributed by atoms with Crippen LogP contribution in [0.2, 0.25) is 0 Å². The average molecular weight is 444 g/mol. The molecule has 6 rings (SSSR count). The lowest BCUT2D eigenvalue weighted by Crippen LogP contribution is -2.51. The number of likely N-dealkylation sites (N-methyl/N-ethyl adjacent to an activating group) is 1. The number of benzene rings is 3. The smallest absolute Gasteiger partial charge is 0.250 e. The normalized spacial score (nSPS) is 25.3. The molecule has 3 aromatic carbocycles. The molecule has 1 fully saturated rings. The Balaban J connectivity index is 1.54. The third kappa shape index (κ3) is 2.75. The van der Waals surface area contributed by atoms with Gasteiger partial charge < -0.3 is 14.8 Å². The number of para-hydroxylation sites is 1. The first-order valence-electron chi connectivity index (χ1n) is 10.8. The molecule has 0 aliphatic carbocycles. The number of ether oxygens (including phenoxy) is 2. The molecule has 0 unspecified atom stereocenters. The Labute approximate surface area is 189 Å². The number of anilines is 1. The van der Waals surface area contributed by atoms with E-state index >= 15 is 0 Å². The topological polar surface area (TPSA) is 67.9 Å². The number of hydrogen-bond donors (Lipinski definition) is 1. The zero-order valence-corrected chi connectivity index (χ0v) is 17.9. The summed E-state index contributed by atoms with van der Waals surface area (Å²) in [5.41, 5.74) is 1.57. The van der Waals surface area contributed by atoms with E-state index in [2.05, 4.69) is 5.32 Å². The second-order valence-corrected chi connectivity index (χ2v) is 8.71. The molecule has 0 bridgehead atoms. The van der Waals surface area contributed by atoms with Crippen LogP contribution in [-0.4, -0.2) is 37.0 Å². The van der Waals surface area contributed by atoms with E-state index in [1.54, 1.807) is 30.3 Å². The molecule has 0 saturated carbocycles. The van der Waals surface area contributed by atoms with Crippen LogP contribution in [0.3, 0.4) is 0 Å². The van der Waals surface area contributed by atoms with Crippen LogP contribution < -0.4 is 14.8 Å². The van der Waals surface area contributed by atoms with Crippen molar-refractivity contribution in [3.8, 4) is 11.5 Å². The number of nitrogens with one attached hydrogen (secondary N) is 1. The van der Waals surface area contributed by atoms with Gasteiger partial charge in [-0.1, -0.05) is 30.3 Å². The Hall–Kier alpha value is -3.71. The highest BCUT2D eigenvalue weighted by Gasteiger charge is 2.64. The monoisotopic (exact) mass is 444 g/mol. The summed E-state index contributed by atoms with van der Waals surface area (Å²) in [4.78, 5) is 29.8. The molecule has 33 heavy (non-hydrogen) atoms. The fourth-order valence-electron chi connectivity index (χ4n) is 5.63. The maximum Gasteiger partial charge on any atom is 0.250 e. The van der Waals surface area contributed by atoms with Gasteiger partial charge in [-0.05, 0) is 49.0 Å². The van der Waals surface area contributed by atoms with Crippen molar-refractivity contribution in [3.63, 3.8) is 0 Å². The number of Topliss-reactive ketones (excluding diaryl/α,β-unsaturated/α-hetero) is 1. The molecule has 3 heterocycles. The van der Waals surface area contributed by atoms with Crippen LogP contribution in [0.1, 0.15) is 27.4 Å². The minimum atomic E-state index is -1.18. The first-order valence-corrected chi connectivity index (χ1v) is 10.8. The molecule has 0 aromatic heterocycles. The predicted octanol–water partition coefficient (Wildman–Crippen LogP) is 3.93. The fourth-order valence-corrected chi connectivity index (χ4v) is 5.63. The van der Waals surface area contributed by atoms with Crippen molar-refractivity contribution in [2.45, 2.75) is 11.5 Å². The van der Waals surface area contributed by atoms with Crippen LogP contribution >= 0.6 is 0 Å². The van der Waals surface area contributed by atoms with Crippen molar-refractivity contribution >= 4 is 17.4 Å². The van der Waals surface area contributed by atoms with Gasteiger partial charge in [-0.25, -0.2) is 4.39 Å². The van der Waals surface area contributed by atoms with Gasteiger partial charge in [0.15, 0.2) is 17.3 Å². The van der Waals surface area contributed by atoms with Gasteiger partial charge in [0.2, 0.25) is 12.7 Å². The molecular formula is C26H21FN2O4. The molecule has 3 atom stereocenters. The van der Waals surface area contributed by atoms with Crippen LogP contribution in [0.15, 0.2) is 66.7 Å². The van der Waals surface area contributed by atoms with Crippen LogP contribution in [0, 0.1) is 11.7 Å². The van der Waals surface area contributed by atoms with E-state index in [4.69, 9.17) is 9.47 Å². The van der Waals surface area contributed by atoms with Gasteiger partial charge in [-0.15, -0.1) is 0 Å². The summed E-state index contributed by atoms with van der Waals surface area (Å²) < 4.78 is 24.6. The second kappa shape index (κ2) is 7.15. The molecule has 166 valence electrons. The molecule has 7 heteroatoms. The molecule has 1 saturated heterocycles. The summed E-state index contributed by atoms with van der Waals surface area (Å²) in [5.74, 6) is -0.682. The van der Waals surface area contributed by atoms with Gasteiger partial charge in [0, 0.05) is 29.3 Å². The van der Waals surface area contributed by atoms with Crippen LogP contribution in [0.5, 0.6) is 11.5 Å². The first kappa shape index (κ1) is 19.9. The number of nitrogens with zero attached hydrogens (tertiary/aromatic N) is 1. The summed E-state index contributed by atoms with van der Waals surface area (Å²) in [5, 5.41) is 2.98. The molecular weight excluding hydrogens is 423 g/mol. The highest BCUT2D eigenvalue weighted by molar-refractivity contribution is 6.12. The quantitative estimate of drug-likeness (QED) is 0.620. The van der Waals surface area contributed by atoms with E-state index in [0.717, 1.165) is 11.1 Å². The summed E-state index contributed by atoms with van der Waals surface area (Å²) in [6.45, 7) is 0.575. The highest BCUT2D eigenvalue weighted by Crippen LogP contribution is 2.55. The molecule has 1 N–H and O–H groups in total. The summed E-state index contributed by atoms with van der Waals surface area (Å²) in [7, 11) is 1.87. The van der Waals surface area contributed by atoms with Crippen molar-refractivity contribution in [1.82, 2.24) is 4.90 Å². The number of fused-ring (bicyclic) bond motifs is 3. The zero-order valence-electron chi connectivity index (χ0n) is 17.9. The van der Waals surface area contributed by atoms with Crippen molar-refractivity contribution in [1.29, 1.82) is 0 Å². The van der Waals surface area contributed by atoms with E-state index in [-0.39, 0.29) is 30.2 Å². The number of carbonyl (C=O) groups is 2. The number of rotatable bonds is 3. The van der Waals surface area contributed by atoms with Crippen LogP contribution in [0.25, 0.3) is 0 Å². The Kier molecular flexibility index (Phi) is 4.32. The number of carbonyl (C=O) groups excluding carboxylic acids is 2. The highest BCUT2D eigenvalue weighted by atomic mass is 19.1. The number of likely N-dealkylation sites (tertiary alicyclic amines) is 1. The van der Waals surface area contributed by atoms with Gasteiger partial charge in [0.05, 0.1) is 5.92 Å². The maximum absolute atomic E-state index is 14.2. The standard InChI is InChI=1S/C26H21FN2O4/c1-29-13-18(15-6-9-17(27)10-7-15)23(24(30)16-8-11-21-22(12-16)33-14-32-21)26(29)19-4-2-3-5-20(19)28-25(26)31/h2-12,18,23H,13-14H2,1H3,(H,28,31)/t18-,23-,26+/m1/s1. The Morgan fingerprint density at radius 3 is 2.64 bits per heavy atom. The second-order valence-electron chi connectivity index (χ2n) is 8.71. The molecule has 3 aromatic rings. The number of ketones is 1. The lowest BCUT2D eigenvalue weighted by molar-refractivity contribution is -0.126. The van der Waals surface area contributed by atoms with E-state index in [1.165, 1.54) is 12.1 Å². The summed E-state index contributed by atoms with van der Waals surface area (Å²) >= 11 is 0. The average Bonchev–Trinajstić information content (AvgIpc) is 3.49. The van der Waals surface area contributed by atoms with E-state index < -0.39 is 11.5 Å². The van der Waals surface area contributed by atoms with Gasteiger partial charge in [0.25, 0.3) is 0 Å². The first-order chi connectivity index (χ1) is 16.0. The Bertz CT molecular complexity index is 1290. The van der Waals surface area contributed by atoms with Crippen LogP contribution in [0.4, 0.5) is 10.1 Å². The minimum Gasteiger partial charge on any atom is -0.454 e. The molecule has 3 aliphatic heterocycles. The van der Waals surface area contributed by atoms with E-state index in [0.29, 0.717) is 29.3 Å². The molecule has 3 aliphatic rings. The van der Waals surface area contributed by atoms with E-state index in [9.17, 15) is 14.0 Å². The molecule has 1 spiro atoms. The Morgan fingerprint density at radius 1 is 1.06 bits per heavy atom. The molecule has 0 radical (unpaired) electrons. The number of halogens is 1. The fraction of sp³-hybridized carbons (Fsp3) is 0.231. The van der Waals surface area contributed by atoms with Crippen LogP contribution in [-0.2, 0) is 10.3 Å². The number of amides is 1. The van der Waals surface area contributed by atoms with Gasteiger partial charge in [0.1, 0.15) is 11.4 Å². The van der Waals surface area contributed by atoms with Gasteiger partial charge in [-0.2, -0.15) is 0 Å². The minimum absolute atomic E-state index is 0.108. The molecule has 1 amide bonds. The van der Waals surface area contributed by atoms with E-state index in [1.807, 2.05) is 36.2 Å². The molecule has 6 nitrogen and oxygen atoms in total. The summed E-state index contributed by atoms with van der Waals surface area (Å²) in [6, 6.07) is 18.8. The maximum atomic E-state index is 14.2. The lowest BCUT2D eigenvalue weighted by atomic mass is 9.70. The Morgan fingerprint density at radius 2 is 1.82 bits per heavy atom. The van der Waals surface area contributed by atoms with Crippen molar-refractivity contribution in [3.05, 3.63) is 89.2 Å². The third-order valence-corrected chi connectivity index (χ3v) is 7.09.